The van der Waals surface area contributed by atoms with Gasteiger partial charge in [-0.05, 0) is 12.1 Å². The molecular formula is C14H16N4O2. The molecule has 0 saturated carbocycles. The maximum absolute atomic E-state index is 11.4. The topological polar surface area (TPSA) is 103 Å². The van der Waals surface area contributed by atoms with Crippen molar-refractivity contribution in [2.45, 2.75) is 6.54 Å². The Hall–Kier alpha value is -2.76. The molecule has 0 aliphatic heterocycles. The van der Waals surface area contributed by atoms with E-state index in [-0.39, 0.29) is 5.56 Å². The number of para-hydroxylation sites is 1. The highest BCUT2D eigenvalue weighted by molar-refractivity contribution is 5.98. The number of hydrogen-bond donors (Lipinski definition) is 3. The zero-order valence-electron chi connectivity index (χ0n) is 11.1. The Balaban J connectivity index is 2.21. The number of benzene rings is 1. The summed E-state index contributed by atoms with van der Waals surface area (Å²) in [4.78, 5) is 15.5. The third kappa shape index (κ3) is 2.97. The quantitative estimate of drug-likeness (QED) is 0.763. The molecule has 0 bridgehead atoms. The summed E-state index contributed by atoms with van der Waals surface area (Å²) in [5, 5.41) is 3.07. The second-order valence-corrected chi connectivity index (χ2v) is 4.19. The molecule has 6 nitrogen and oxygen atoms in total. The van der Waals surface area contributed by atoms with Crippen LogP contribution in [0.4, 0.5) is 11.5 Å². The first-order valence-corrected chi connectivity index (χ1v) is 6.03. The number of anilines is 2. The van der Waals surface area contributed by atoms with E-state index in [1.165, 1.54) is 12.3 Å². The zero-order chi connectivity index (χ0) is 14.5. The number of hydrogen-bond acceptors (Lipinski definition) is 5. The molecular weight excluding hydrogens is 256 g/mol. The van der Waals surface area contributed by atoms with E-state index in [1.807, 2.05) is 24.3 Å². The van der Waals surface area contributed by atoms with Crippen LogP contribution >= 0.6 is 0 Å². The van der Waals surface area contributed by atoms with Crippen molar-refractivity contribution >= 4 is 17.4 Å². The molecule has 0 spiro atoms. The van der Waals surface area contributed by atoms with Gasteiger partial charge in [-0.15, -0.1) is 0 Å². The number of nitrogens with one attached hydrogen (secondary N) is 1. The monoisotopic (exact) mass is 272 g/mol. The van der Waals surface area contributed by atoms with E-state index in [1.54, 1.807) is 7.11 Å². The third-order valence-corrected chi connectivity index (χ3v) is 2.81. The van der Waals surface area contributed by atoms with E-state index < -0.39 is 5.91 Å². The lowest BCUT2D eigenvalue weighted by atomic mass is 10.2. The van der Waals surface area contributed by atoms with Gasteiger partial charge < -0.3 is 21.5 Å². The highest BCUT2D eigenvalue weighted by atomic mass is 16.5. The normalized spacial score (nSPS) is 10.1. The summed E-state index contributed by atoms with van der Waals surface area (Å²) in [5.41, 5.74) is 12.5. The lowest BCUT2D eigenvalue weighted by molar-refractivity contribution is 0.100. The maximum Gasteiger partial charge on any atom is 0.252 e. The number of ether oxygens (including phenoxy) is 1. The number of pyridine rings is 1. The molecule has 0 aliphatic rings. The number of carbonyl (C=O) groups excluding carboxylic acids is 1. The van der Waals surface area contributed by atoms with Gasteiger partial charge in [0.2, 0.25) is 0 Å². The maximum atomic E-state index is 11.4. The predicted octanol–water partition coefficient (Wildman–Crippen LogP) is 1.38. The van der Waals surface area contributed by atoms with Crippen molar-refractivity contribution in [1.82, 2.24) is 4.98 Å². The summed E-state index contributed by atoms with van der Waals surface area (Å²) in [7, 11) is 1.61. The molecule has 5 N–H and O–H groups in total. The SMILES string of the molecule is COc1ccccc1CNc1ncc(N)cc1C(N)=O. The summed E-state index contributed by atoms with van der Waals surface area (Å²) in [6.07, 6.45) is 1.47. The number of carbonyl (C=O) groups is 1. The first-order chi connectivity index (χ1) is 9.61. The Morgan fingerprint density at radius 3 is 2.85 bits per heavy atom. The molecule has 2 aromatic rings. The first kappa shape index (κ1) is 13.7. The van der Waals surface area contributed by atoms with Gasteiger partial charge in [0.05, 0.1) is 24.6 Å². The van der Waals surface area contributed by atoms with Gasteiger partial charge in [0.25, 0.3) is 5.91 Å². The van der Waals surface area contributed by atoms with E-state index in [9.17, 15) is 4.79 Å². The van der Waals surface area contributed by atoms with Gasteiger partial charge in [0.15, 0.2) is 0 Å². The van der Waals surface area contributed by atoms with Crippen molar-refractivity contribution in [3.05, 3.63) is 47.7 Å². The van der Waals surface area contributed by atoms with Crippen LogP contribution < -0.4 is 21.5 Å². The minimum atomic E-state index is -0.577. The highest BCUT2D eigenvalue weighted by Crippen LogP contribution is 2.20. The van der Waals surface area contributed by atoms with Gasteiger partial charge in [-0.3, -0.25) is 4.79 Å². The van der Waals surface area contributed by atoms with Crippen LogP contribution in [0.2, 0.25) is 0 Å². The van der Waals surface area contributed by atoms with E-state index >= 15 is 0 Å². The fourth-order valence-corrected chi connectivity index (χ4v) is 1.84. The fraction of sp³-hybridized carbons (Fsp3) is 0.143. The molecule has 0 unspecified atom stereocenters. The second kappa shape index (κ2) is 5.92. The molecule has 0 aliphatic carbocycles. The Kier molecular flexibility index (Phi) is 4.05. The minimum absolute atomic E-state index is 0.264. The lowest BCUT2D eigenvalue weighted by Crippen LogP contribution is -2.16. The largest absolute Gasteiger partial charge is 0.496 e. The first-order valence-electron chi connectivity index (χ1n) is 6.03. The number of nitrogens with two attached hydrogens (primary N) is 2. The van der Waals surface area contributed by atoms with E-state index in [0.717, 1.165) is 11.3 Å². The van der Waals surface area contributed by atoms with Gasteiger partial charge >= 0.3 is 0 Å². The van der Waals surface area contributed by atoms with Crippen molar-refractivity contribution in [2.75, 3.05) is 18.2 Å². The van der Waals surface area contributed by atoms with Crippen LogP contribution in [0.3, 0.4) is 0 Å². The Morgan fingerprint density at radius 1 is 1.40 bits per heavy atom. The van der Waals surface area contributed by atoms with Crippen LogP contribution in [-0.2, 0) is 6.54 Å². The van der Waals surface area contributed by atoms with E-state index in [0.29, 0.717) is 18.1 Å². The van der Waals surface area contributed by atoms with Crippen LogP contribution in [0, 0.1) is 0 Å². The van der Waals surface area contributed by atoms with Gasteiger partial charge in [0, 0.05) is 12.1 Å². The Morgan fingerprint density at radius 2 is 2.15 bits per heavy atom. The van der Waals surface area contributed by atoms with Crippen LogP contribution in [0.5, 0.6) is 5.75 Å². The van der Waals surface area contributed by atoms with Crippen molar-refractivity contribution in [2.24, 2.45) is 5.73 Å². The predicted molar refractivity (Wildman–Crippen MR) is 77.5 cm³/mol. The average Bonchev–Trinajstić information content (AvgIpc) is 2.46. The van der Waals surface area contributed by atoms with Crippen LogP contribution in [0.1, 0.15) is 15.9 Å². The molecule has 1 aromatic carbocycles. The van der Waals surface area contributed by atoms with Crippen LogP contribution in [0.25, 0.3) is 0 Å². The number of nitrogens with zero attached hydrogens (tertiary/aromatic N) is 1. The molecule has 0 atom stereocenters. The molecule has 2 rings (SSSR count). The molecule has 6 heteroatoms. The van der Waals surface area contributed by atoms with Gasteiger partial charge in [-0.25, -0.2) is 4.98 Å². The fourth-order valence-electron chi connectivity index (χ4n) is 1.84. The number of aromatic nitrogens is 1. The summed E-state index contributed by atoms with van der Waals surface area (Å²) in [6.45, 7) is 0.460. The summed E-state index contributed by atoms with van der Waals surface area (Å²) < 4.78 is 5.26. The van der Waals surface area contributed by atoms with Gasteiger partial charge in [-0.2, -0.15) is 0 Å². The highest BCUT2D eigenvalue weighted by Gasteiger charge is 2.10. The molecule has 20 heavy (non-hydrogen) atoms. The molecule has 1 heterocycles. The van der Waals surface area contributed by atoms with Crippen LogP contribution in [-0.4, -0.2) is 18.0 Å². The Bertz CT molecular complexity index is 628. The minimum Gasteiger partial charge on any atom is -0.496 e. The molecule has 1 amide bonds. The van der Waals surface area contributed by atoms with Crippen molar-refractivity contribution in [1.29, 1.82) is 0 Å². The van der Waals surface area contributed by atoms with Crippen molar-refractivity contribution in [3.63, 3.8) is 0 Å². The van der Waals surface area contributed by atoms with E-state index in [2.05, 4.69) is 10.3 Å². The molecule has 0 saturated heterocycles. The molecule has 0 fully saturated rings. The number of rotatable bonds is 5. The average molecular weight is 272 g/mol. The number of primary amides is 1. The number of methoxy groups -OCH3 is 1. The van der Waals surface area contributed by atoms with Crippen molar-refractivity contribution < 1.29 is 9.53 Å². The van der Waals surface area contributed by atoms with Crippen molar-refractivity contribution in [3.8, 4) is 5.75 Å². The van der Waals surface area contributed by atoms with Gasteiger partial charge in [-0.1, -0.05) is 18.2 Å². The molecule has 0 radical (unpaired) electrons. The number of nitrogen functional groups attached to an aromatic ring is 1. The smallest absolute Gasteiger partial charge is 0.252 e. The second-order valence-electron chi connectivity index (χ2n) is 4.19. The summed E-state index contributed by atoms with van der Waals surface area (Å²) >= 11 is 0. The molecule has 104 valence electrons. The summed E-state index contributed by atoms with van der Waals surface area (Å²) in [6, 6.07) is 9.08. The third-order valence-electron chi connectivity index (χ3n) is 2.81. The summed E-state index contributed by atoms with van der Waals surface area (Å²) in [5.74, 6) is 0.584. The standard InChI is InChI=1S/C14H16N4O2/c1-20-12-5-3-2-4-9(12)7-17-14-11(13(16)19)6-10(15)8-18-14/h2-6,8H,7,15H2,1H3,(H2,16,19)(H,17,18). The molecule has 1 aromatic heterocycles. The van der Waals surface area contributed by atoms with Crippen LogP contribution in [0.15, 0.2) is 36.5 Å². The zero-order valence-corrected chi connectivity index (χ0v) is 11.1. The van der Waals surface area contributed by atoms with Gasteiger partial charge in [0.1, 0.15) is 11.6 Å². The Labute approximate surface area is 116 Å². The number of amides is 1. The van der Waals surface area contributed by atoms with E-state index in [4.69, 9.17) is 16.2 Å². The lowest BCUT2D eigenvalue weighted by Gasteiger charge is -2.12.